The predicted molar refractivity (Wildman–Crippen MR) is 275 cm³/mol. The van der Waals surface area contributed by atoms with Crippen molar-refractivity contribution in [3.63, 3.8) is 0 Å². The van der Waals surface area contributed by atoms with E-state index in [0.29, 0.717) is 5.02 Å². The Balaban J connectivity index is 0.917. The third-order valence-electron chi connectivity index (χ3n) is 12.5. The molecule has 0 saturated carbocycles. The standard InChI is InChI=1S/C60H41ClN4/c61-56-41-50(63(44-19-7-2-8-20-44)49-35-38-60-55(40-49)53-26-14-16-28-58(53)65(60)46-23-11-4-12-24-46)33-36-51(56)42-29-31-47(32-30-42)62(43-17-5-1-6-18-43)48-34-37-59-54(39-48)52-25-13-15-27-57(52)64(59)45-21-9-3-10-22-45/h1-41H. The van der Waals surface area contributed by atoms with Crippen LogP contribution in [0.1, 0.15) is 0 Å². The average molecular weight is 853 g/mol. The van der Waals surface area contributed by atoms with Crippen LogP contribution in [0.25, 0.3) is 66.1 Å². The molecule has 0 aliphatic carbocycles. The van der Waals surface area contributed by atoms with Gasteiger partial charge in [-0.15, -0.1) is 0 Å². The van der Waals surface area contributed by atoms with Crippen molar-refractivity contribution in [3.05, 3.63) is 254 Å². The van der Waals surface area contributed by atoms with E-state index in [1.165, 1.54) is 38.1 Å². The first kappa shape index (κ1) is 38.4. The molecule has 10 aromatic carbocycles. The third-order valence-corrected chi connectivity index (χ3v) is 12.8. The van der Waals surface area contributed by atoms with Crippen molar-refractivity contribution in [1.29, 1.82) is 0 Å². The minimum Gasteiger partial charge on any atom is -0.310 e. The summed E-state index contributed by atoms with van der Waals surface area (Å²) in [5, 5.41) is 5.50. The maximum Gasteiger partial charge on any atom is 0.0542 e. The SMILES string of the molecule is Clc1cc(N(c2ccccc2)c2ccc3c(c2)c2ccccc2n3-c2ccccc2)ccc1-c1ccc(N(c2ccccc2)c2ccc3c(c2)c2ccccc2n3-c2ccccc2)cc1. The molecule has 2 aromatic heterocycles. The molecule has 0 amide bonds. The minimum absolute atomic E-state index is 0.679. The summed E-state index contributed by atoms with van der Waals surface area (Å²) >= 11 is 7.33. The van der Waals surface area contributed by atoms with E-state index in [0.717, 1.165) is 62.1 Å². The van der Waals surface area contributed by atoms with Crippen molar-refractivity contribution in [2.45, 2.75) is 0 Å². The first-order valence-corrected chi connectivity index (χ1v) is 22.3. The molecule has 0 atom stereocenters. The molecule has 0 aliphatic heterocycles. The van der Waals surface area contributed by atoms with Gasteiger partial charge in [-0.05, 0) is 127 Å². The molecule has 0 saturated heterocycles. The van der Waals surface area contributed by atoms with Crippen LogP contribution in [0.5, 0.6) is 0 Å². The minimum atomic E-state index is 0.679. The van der Waals surface area contributed by atoms with Crippen LogP contribution in [-0.2, 0) is 0 Å². The quantitative estimate of drug-likeness (QED) is 0.144. The second-order valence-electron chi connectivity index (χ2n) is 16.3. The number of halogens is 1. The van der Waals surface area contributed by atoms with Crippen molar-refractivity contribution >= 4 is 89.3 Å². The Bertz CT molecular complexity index is 3660. The lowest BCUT2D eigenvalue weighted by atomic mass is 10.0. The van der Waals surface area contributed by atoms with E-state index in [2.05, 4.69) is 268 Å². The van der Waals surface area contributed by atoms with Gasteiger partial charge in [0.1, 0.15) is 0 Å². The maximum absolute atomic E-state index is 7.33. The lowest BCUT2D eigenvalue weighted by Gasteiger charge is -2.27. The van der Waals surface area contributed by atoms with E-state index < -0.39 is 0 Å². The normalized spacial score (nSPS) is 11.5. The fourth-order valence-corrected chi connectivity index (χ4v) is 9.91. The second-order valence-corrected chi connectivity index (χ2v) is 16.7. The summed E-state index contributed by atoms with van der Waals surface area (Å²) in [5.41, 5.74) is 15.3. The Kier molecular flexibility index (Phi) is 9.51. The van der Waals surface area contributed by atoms with Crippen LogP contribution < -0.4 is 9.80 Å². The summed E-state index contributed by atoms with van der Waals surface area (Å²) in [6, 6.07) is 88.3. The molecule has 0 unspecified atom stereocenters. The van der Waals surface area contributed by atoms with Gasteiger partial charge < -0.3 is 18.9 Å². The molecule has 2 heterocycles. The summed E-state index contributed by atoms with van der Waals surface area (Å²) in [7, 11) is 0. The monoisotopic (exact) mass is 852 g/mol. The largest absolute Gasteiger partial charge is 0.310 e. The zero-order valence-corrected chi connectivity index (χ0v) is 36.1. The van der Waals surface area contributed by atoms with E-state index >= 15 is 0 Å². The van der Waals surface area contributed by atoms with E-state index in [-0.39, 0.29) is 0 Å². The first-order chi connectivity index (χ1) is 32.2. The molecule has 12 aromatic rings. The van der Waals surface area contributed by atoms with Gasteiger partial charge in [-0.1, -0.05) is 139 Å². The van der Waals surface area contributed by atoms with Crippen molar-refractivity contribution in [2.24, 2.45) is 0 Å². The number of aromatic nitrogens is 2. The molecular formula is C60H41ClN4. The third kappa shape index (κ3) is 6.71. The number of hydrogen-bond donors (Lipinski definition) is 0. The molecule has 12 rings (SSSR count). The van der Waals surface area contributed by atoms with Gasteiger partial charge in [-0.25, -0.2) is 0 Å². The second kappa shape index (κ2) is 16.1. The number of para-hydroxylation sites is 6. The summed E-state index contributed by atoms with van der Waals surface area (Å²) in [4.78, 5) is 4.62. The number of rotatable bonds is 9. The molecule has 5 heteroatoms. The Morgan fingerprint density at radius 1 is 0.277 bits per heavy atom. The molecule has 0 N–H and O–H groups in total. The van der Waals surface area contributed by atoms with Crippen molar-refractivity contribution in [2.75, 3.05) is 9.80 Å². The van der Waals surface area contributed by atoms with Crippen molar-refractivity contribution < 1.29 is 0 Å². The number of hydrogen-bond acceptors (Lipinski definition) is 2. The van der Waals surface area contributed by atoms with Crippen molar-refractivity contribution in [3.8, 4) is 22.5 Å². The lowest BCUT2D eigenvalue weighted by Crippen LogP contribution is -2.10. The van der Waals surface area contributed by atoms with Gasteiger partial charge in [0.2, 0.25) is 0 Å². The van der Waals surface area contributed by atoms with E-state index in [1.807, 2.05) is 0 Å². The van der Waals surface area contributed by atoms with Gasteiger partial charge in [0, 0.05) is 72.6 Å². The van der Waals surface area contributed by atoms with E-state index in [9.17, 15) is 0 Å². The lowest BCUT2D eigenvalue weighted by molar-refractivity contribution is 1.18. The fraction of sp³-hybridized carbons (Fsp3) is 0. The molecule has 4 nitrogen and oxygen atoms in total. The van der Waals surface area contributed by atoms with Crippen LogP contribution in [0.15, 0.2) is 249 Å². The molecule has 0 aliphatic rings. The smallest absolute Gasteiger partial charge is 0.0542 e. The zero-order valence-electron chi connectivity index (χ0n) is 35.3. The van der Waals surface area contributed by atoms with Crippen LogP contribution in [0, 0.1) is 0 Å². The molecule has 0 spiro atoms. The number of fused-ring (bicyclic) bond motifs is 6. The number of benzene rings is 10. The molecular weight excluding hydrogens is 812 g/mol. The van der Waals surface area contributed by atoms with Gasteiger partial charge in [0.05, 0.1) is 27.1 Å². The van der Waals surface area contributed by atoms with Crippen LogP contribution in [-0.4, -0.2) is 9.13 Å². The van der Waals surface area contributed by atoms with Crippen LogP contribution in [0.3, 0.4) is 0 Å². The topological polar surface area (TPSA) is 16.3 Å². The van der Waals surface area contributed by atoms with Gasteiger partial charge >= 0.3 is 0 Å². The highest BCUT2D eigenvalue weighted by Crippen LogP contribution is 2.44. The Morgan fingerprint density at radius 2 is 0.631 bits per heavy atom. The Labute approximate surface area is 382 Å². The Hall–Kier alpha value is -8.31. The van der Waals surface area contributed by atoms with Crippen LogP contribution in [0.4, 0.5) is 34.1 Å². The highest BCUT2D eigenvalue weighted by molar-refractivity contribution is 6.33. The highest BCUT2D eigenvalue weighted by atomic mass is 35.5. The van der Waals surface area contributed by atoms with Crippen LogP contribution in [0.2, 0.25) is 5.02 Å². The summed E-state index contributed by atoms with van der Waals surface area (Å²) in [6.07, 6.45) is 0. The zero-order chi connectivity index (χ0) is 43.3. The maximum atomic E-state index is 7.33. The van der Waals surface area contributed by atoms with E-state index in [1.54, 1.807) is 0 Å². The van der Waals surface area contributed by atoms with Gasteiger partial charge in [0.25, 0.3) is 0 Å². The predicted octanol–water partition coefficient (Wildman–Crippen LogP) is 17.1. The highest BCUT2D eigenvalue weighted by Gasteiger charge is 2.20. The average Bonchev–Trinajstić information content (AvgIpc) is 3.88. The fourth-order valence-electron chi connectivity index (χ4n) is 9.63. The molecule has 308 valence electrons. The number of nitrogens with zero attached hydrogens (tertiary/aromatic N) is 4. The first-order valence-electron chi connectivity index (χ1n) is 22.0. The van der Waals surface area contributed by atoms with Gasteiger partial charge in [-0.2, -0.15) is 0 Å². The van der Waals surface area contributed by atoms with Gasteiger partial charge in [0.15, 0.2) is 0 Å². The molecule has 0 radical (unpaired) electrons. The molecule has 0 bridgehead atoms. The Morgan fingerprint density at radius 3 is 1.11 bits per heavy atom. The summed E-state index contributed by atoms with van der Waals surface area (Å²) in [6.45, 7) is 0. The van der Waals surface area contributed by atoms with E-state index in [4.69, 9.17) is 11.6 Å². The van der Waals surface area contributed by atoms with Gasteiger partial charge in [-0.3, -0.25) is 0 Å². The molecule has 65 heavy (non-hydrogen) atoms. The summed E-state index contributed by atoms with van der Waals surface area (Å²) in [5.74, 6) is 0. The summed E-state index contributed by atoms with van der Waals surface area (Å²) < 4.78 is 4.70. The van der Waals surface area contributed by atoms with Crippen LogP contribution >= 0.6 is 11.6 Å². The molecule has 0 fully saturated rings. The number of anilines is 6. The van der Waals surface area contributed by atoms with Crippen molar-refractivity contribution in [1.82, 2.24) is 9.13 Å².